The number of amides is 1. The zero-order valence-corrected chi connectivity index (χ0v) is 20.5. The molecule has 4 rings (SSSR count). The van der Waals surface area contributed by atoms with Crippen LogP contribution in [0.25, 0.3) is 17.5 Å². The summed E-state index contributed by atoms with van der Waals surface area (Å²) in [6.07, 6.45) is 2.36. The summed E-state index contributed by atoms with van der Waals surface area (Å²) in [4.78, 5) is 30.3. The van der Waals surface area contributed by atoms with E-state index >= 15 is 0 Å². The standard InChI is InChI=1S/C28H23F3N6O/c1-4-7-22-25(32-3)36-24(19-8-6-13-33-16-19)37-26(22)35-23-14-18(12-11-17(23)2)27(38)34-21-10-5-9-20(15-21)28(29,30)31/h4-16H,3H2,1-2H3,(H,34,38)(H,35,36,37)/b7-4-. The van der Waals surface area contributed by atoms with Crippen LogP contribution in [0, 0.1) is 6.92 Å². The maximum Gasteiger partial charge on any atom is 0.416 e. The van der Waals surface area contributed by atoms with Crippen molar-refractivity contribution >= 4 is 41.7 Å². The van der Waals surface area contributed by atoms with E-state index in [4.69, 9.17) is 0 Å². The second-order valence-corrected chi connectivity index (χ2v) is 8.22. The first kappa shape index (κ1) is 26.2. The highest BCUT2D eigenvalue weighted by molar-refractivity contribution is 6.05. The van der Waals surface area contributed by atoms with Crippen LogP contribution in [0.1, 0.15) is 34.0 Å². The maximum absolute atomic E-state index is 13.1. The van der Waals surface area contributed by atoms with Crippen LogP contribution in [0.2, 0.25) is 0 Å². The number of hydrogen-bond donors (Lipinski definition) is 2. The number of nitrogens with zero attached hydrogens (tertiary/aromatic N) is 4. The van der Waals surface area contributed by atoms with Crippen LogP contribution in [0.15, 0.2) is 78.1 Å². The molecule has 1 amide bonds. The van der Waals surface area contributed by atoms with E-state index in [0.29, 0.717) is 34.3 Å². The fourth-order valence-corrected chi connectivity index (χ4v) is 3.62. The summed E-state index contributed by atoms with van der Waals surface area (Å²) in [6, 6.07) is 13.0. The molecule has 0 fully saturated rings. The van der Waals surface area contributed by atoms with Crippen molar-refractivity contribution in [1.82, 2.24) is 15.0 Å². The Labute approximate surface area is 217 Å². The summed E-state index contributed by atoms with van der Waals surface area (Å²) in [5.74, 6) is 0.606. The molecule has 0 aliphatic carbocycles. The number of nitrogens with one attached hydrogen (secondary N) is 2. The average Bonchev–Trinajstić information content (AvgIpc) is 2.91. The fourth-order valence-electron chi connectivity index (χ4n) is 3.62. The van der Waals surface area contributed by atoms with Gasteiger partial charge < -0.3 is 10.6 Å². The van der Waals surface area contributed by atoms with Gasteiger partial charge in [0.1, 0.15) is 5.82 Å². The molecule has 192 valence electrons. The lowest BCUT2D eigenvalue weighted by atomic mass is 10.1. The van der Waals surface area contributed by atoms with Gasteiger partial charge in [0.25, 0.3) is 5.91 Å². The molecule has 0 bridgehead atoms. The molecule has 2 N–H and O–H groups in total. The van der Waals surface area contributed by atoms with E-state index in [2.05, 4.69) is 37.3 Å². The number of aryl methyl sites for hydroxylation is 1. The van der Waals surface area contributed by atoms with Crippen molar-refractivity contribution < 1.29 is 18.0 Å². The smallest absolute Gasteiger partial charge is 0.339 e. The average molecular weight is 517 g/mol. The van der Waals surface area contributed by atoms with Crippen molar-refractivity contribution in [3.8, 4) is 11.4 Å². The van der Waals surface area contributed by atoms with Crippen LogP contribution < -0.4 is 10.6 Å². The Balaban J connectivity index is 1.69. The van der Waals surface area contributed by atoms with Crippen molar-refractivity contribution in [2.75, 3.05) is 10.6 Å². The van der Waals surface area contributed by atoms with Gasteiger partial charge in [-0.25, -0.2) is 15.0 Å². The molecule has 10 heteroatoms. The number of halogens is 3. The summed E-state index contributed by atoms with van der Waals surface area (Å²) in [6.45, 7) is 7.32. The number of aliphatic imine (C=N–C) groups is 1. The summed E-state index contributed by atoms with van der Waals surface area (Å²) >= 11 is 0. The van der Waals surface area contributed by atoms with E-state index in [1.165, 1.54) is 12.1 Å². The Kier molecular flexibility index (Phi) is 7.61. The first-order chi connectivity index (χ1) is 18.2. The van der Waals surface area contributed by atoms with Crippen molar-refractivity contribution in [2.45, 2.75) is 20.0 Å². The highest BCUT2D eigenvalue weighted by Gasteiger charge is 2.30. The number of anilines is 3. The number of aromatic nitrogens is 3. The largest absolute Gasteiger partial charge is 0.416 e. The van der Waals surface area contributed by atoms with Crippen molar-refractivity contribution in [1.29, 1.82) is 0 Å². The minimum atomic E-state index is -4.52. The van der Waals surface area contributed by atoms with E-state index in [1.807, 2.05) is 26.0 Å². The van der Waals surface area contributed by atoms with E-state index < -0.39 is 17.6 Å². The van der Waals surface area contributed by atoms with Gasteiger partial charge in [-0.15, -0.1) is 0 Å². The van der Waals surface area contributed by atoms with Crippen molar-refractivity contribution in [3.05, 3.63) is 95.3 Å². The maximum atomic E-state index is 13.1. The molecule has 7 nitrogen and oxygen atoms in total. The van der Waals surface area contributed by atoms with Gasteiger partial charge in [0.05, 0.1) is 11.1 Å². The lowest BCUT2D eigenvalue weighted by molar-refractivity contribution is -0.137. The Morgan fingerprint density at radius 1 is 1.08 bits per heavy atom. The third-order valence-corrected chi connectivity index (χ3v) is 5.53. The van der Waals surface area contributed by atoms with E-state index in [9.17, 15) is 18.0 Å². The van der Waals surface area contributed by atoms with Gasteiger partial charge in [-0.3, -0.25) is 9.78 Å². The molecule has 0 atom stereocenters. The Bertz CT molecular complexity index is 1520. The number of carbonyl (C=O) groups is 1. The van der Waals surface area contributed by atoms with Gasteiger partial charge >= 0.3 is 6.18 Å². The van der Waals surface area contributed by atoms with Crippen molar-refractivity contribution in [2.24, 2.45) is 4.99 Å². The van der Waals surface area contributed by atoms with Gasteiger partial charge in [-0.1, -0.05) is 24.3 Å². The predicted molar refractivity (Wildman–Crippen MR) is 143 cm³/mol. The SMILES string of the molecule is C=Nc1nc(-c2cccnc2)nc(Nc2cc(C(=O)Nc3cccc(C(F)(F)F)c3)ccc2C)c1/C=C\C. The number of benzene rings is 2. The van der Waals surface area contributed by atoms with Crippen LogP contribution >= 0.6 is 0 Å². The Morgan fingerprint density at radius 2 is 1.89 bits per heavy atom. The summed E-state index contributed by atoms with van der Waals surface area (Å²) in [5, 5.41) is 5.79. The molecule has 0 radical (unpaired) electrons. The first-order valence-corrected chi connectivity index (χ1v) is 11.5. The lowest BCUT2D eigenvalue weighted by Gasteiger charge is -2.15. The van der Waals surface area contributed by atoms with E-state index in [1.54, 1.807) is 42.7 Å². The molecule has 0 aliphatic rings. The van der Waals surface area contributed by atoms with Gasteiger partial charge in [0, 0.05) is 34.9 Å². The van der Waals surface area contributed by atoms with Crippen LogP contribution in [-0.4, -0.2) is 27.6 Å². The molecule has 0 spiro atoms. The molecule has 2 heterocycles. The Morgan fingerprint density at radius 3 is 2.58 bits per heavy atom. The number of rotatable bonds is 7. The monoisotopic (exact) mass is 516 g/mol. The quantitative estimate of drug-likeness (QED) is 0.253. The highest BCUT2D eigenvalue weighted by Crippen LogP contribution is 2.33. The minimum absolute atomic E-state index is 0.0360. The number of carbonyl (C=O) groups excluding carboxylic acids is 1. The summed E-state index contributed by atoms with van der Waals surface area (Å²) in [5.41, 5.74) is 2.07. The molecule has 0 saturated carbocycles. The predicted octanol–water partition coefficient (Wildman–Crippen LogP) is 7.23. The van der Waals surface area contributed by atoms with E-state index in [0.717, 1.165) is 17.7 Å². The first-order valence-electron chi connectivity index (χ1n) is 11.5. The second-order valence-electron chi connectivity index (χ2n) is 8.22. The third-order valence-electron chi connectivity index (χ3n) is 5.53. The summed E-state index contributed by atoms with van der Waals surface area (Å²) < 4.78 is 39.2. The van der Waals surface area contributed by atoms with Crippen LogP contribution in [-0.2, 0) is 6.18 Å². The fraction of sp³-hybridized carbons (Fsp3) is 0.107. The molecule has 0 saturated heterocycles. The second kappa shape index (κ2) is 11.0. The topological polar surface area (TPSA) is 92.2 Å². The number of alkyl halides is 3. The van der Waals surface area contributed by atoms with Crippen molar-refractivity contribution in [3.63, 3.8) is 0 Å². The molecule has 2 aromatic carbocycles. The van der Waals surface area contributed by atoms with Gasteiger partial charge in [0.2, 0.25) is 0 Å². The van der Waals surface area contributed by atoms with Gasteiger partial charge in [-0.05, 0) is 68.6 Å². The molecule has 2 aromatic heterocycles. The number of allylic oxidation sites excluding steroid dienone is 1. The number of hydrogen-bond acceptors (Lipinski definition) is 6. The zero-order valence-electron chi connectivity index (χ0n) is 20.5. The molecular weight excluding hydrogens is 493 g/mol. The molecule has 0 unspecified atom stereocenters. The molecule has 38 heavy (non-hydrogen) atoms. The molecule has 4 aromatic rings. The number of pyridine rings is 1. The minimum Gasteiger partial charge on any atom is -0.339 e. The van der Waals surface area contributed by atoms with Gasteiger partial charge in [0.15, 0.2) is 11.6 Å². The Hall–Kier alpha value is -4.86. The highest BCUT2D eigenvalue weighted by atomic mass is 19.4. The summed E-state index contributed by atoms with van der Waals surface area (Å²) in [7, 11) is 0. The molecule has 0 aliphatic heterocycles. The van der Waals surface area contributed by atoms with E-state index in [-0.39, 0.29) is 11.3 Å². The van der Waals surface area contributed by atoms with Crippen LogP contribution in [0.3, 0.4) is 0 Å². The third kappa shape index (κ3) is 5.92. The normalized spacial score (nSPS) is 11.4. The van der Waals surface area contributed by atoms with Crippen LogP contribution in [0.4, 0.5) is 36.2 Å². The zero-order chi connectivity index (χ0) is 27.3. The lowest BCUT2D eigenvalue weighted by Crippen LogP contribution is -2.13. The van der Waals surface area contributed by atoms with Gasteiger partial charge in [-0.2, -0.15) is 13.2 Å². The van der Waals surface area contributed by atoms with Crippen LogP contribution in [0.5, 0.6) is 0 Å². The molecular formula is C28H23F3N6O.